The first-order valence-electron chi connectivity index (χ1n) is 29.4. The molecule has 2 saturated heterocycles. The average Bonchev–Trinajstić information content (AvgIpc) is 3.56. The highest BCUT2D eigenvalue weighted by molar-refractivity contribution is 6.07. The third kappa shape index (κ3) is 16.4. The number of anilines is 2. The number of hydrogen-bond donors (Lipinski definition) is 5. The third-order valence-electron chi connectivity index (χ3n) is 15.2. The quantitative estimate of drug-likeness (QED) is 0.0232. The average molecular weight is 1160 g/mol. The number of unbranched alkanes of at least 4 members (excludes halogenated alkanes) is 5. The van der Waals surface area contributed by atoms with Crippen LogP contribution in [0.15, 0.2) is 85.2 Å². The molecule has 22 heteroatoms. The van der Waals surface area contributed by atoms with Gasteiger partial charge in [-0.3, -0.25) is 39.4 Å². The van der Waals surface area contributed by atoms with Gasteiger partial charge in [0, 0.05) is 104 Å². The Morgan fingerprint density at radius 3 is 2.25 bits per heavy atom. The van der Waals surface area contributed by atoms with Crippen LogP contribution in [0.5, 0.6) is 11.5 Å². The molecule has 5 N–H and O–H groups in total. The number of amides is 6. The monoisotopic (exact) mass is 1150 g/mol. The van der Waals surface area contributed by atoms with Crippen LogP contribution in [0.4, 0.5) is 16.2 Å². The molecule has 1 unspecified atom stereocenters. The number of aromatic nitrogens is 4. The number of hydrogen-bond acceptors (Lipinski definition) is 16. The van der Waals surface area contributed by atoms with E-state index in [0.717, 1.165) is 66.8 Å². The van der Waals surface area contributed by atoms with Crippen molar-refractivity contribution in [2.75, 3.05) is 76.6 Å². The van der Waals surface area contributed by atoms with Crippen molar-refractivity contribution in [2.24, 2.45) is 0 Å². The summed E-state index contributed by atoms with van der Waals surface area (Å²) in [5, 5.41) is 19.9. The zero-order valence-electron chi connectivity index (χ0n) is 48.3. The summed E-state index contributed by atoms with van der Waals surface area (Å²) in [6, 6.07) is 21.1. The molecule has 5 aromatic rings. The van der Waals surface area contributed by atoms with Gasteiger partial charge in [-0.2, -0.15) is 5.10 Å². The topological polar surface area (TPSA) is 267 Å². The lowest BCUT2D eigenvalue weighted by molar-refractivity contribution is -0.137. The number of aromatic amines is 1. The van der Waals surface area contributed by atoms with Crippen LogP contribution in [0.2, 0.25) is 0 Å². The summed E-state index contributed by atoms with van der Waals surface area (Å²) < 4.78 is 35.0. The van der Waals surface area contributed by atoms with E-state index in [1.165, 1.54) is 4.90 Å². The van der Waals surface area contributed by atoms with Crippen molar-refractivity contribution in [3.05, 3.63) is 113 Å². The second kappa shape index (κ2) is 29.0. The predicted octanol–water partition coefficient (Wildman–Crippen LogP) is 8.41. The summed E-state index contributed by atoms with van der Waals surface area (Å²) in [5.74, 6) is 1.15. The number of nitrogens with one attached hydrogen (secondary N) is 5. The summed E-state index contributed by atoms with van der Waals surface area (Å²) in [5.41, 5.74) is 3.24. The zero-order chi connectivity index (χ0) is 58.9. The number of H-pyrrole nitrogens is 1. The van der Waals surface area contributed by atoms with Crippen LogP contribution >= 0.6 is 0 Å². The molecule has 2 fully saturated rings. The molecule has 3 aromatic carbocycles. The zero-order valence-corrected chi connectivity index (χ0v) is 48.3. The van der Waals surface area contributed by atoms with Gasteiger partial charge in [-0.15, -0.1) is 0 Å². The fourth-order valence-electron chi connectivity index (χ4n) is 10.8. The van der Waals surface area contributed by atoms with E-state index in [9.17, 15) is 28.8 Å². The lowest BCUT2D eigenvalue weighted by atomic mass is 9.86. The molecule has 0 saturated carbocycles. The number of piperidine rings is 2. The fourth-order valence-corrected chi connectivity index (χ4v) is 10.8. The van der Waals surface area contributed by atoms with E-state index in [0.29, 0.717) is 132 Å². The number of benzene rings is 3. The first-order chi connectivity index (χ1) is 40.7. The van der Waals surface area contributed by atoms with Gasteiger partial charge in [0.05, 0.1) is 45.7 Å². The standard InChI is InChI=1S/C62H78N10O12/c1-61(2,3)84-60(78)71-29-25-62(26-30-71,59-67-55(69-70-59)42-22-27-63-28-23-42)68-44-14-11-13-43(39-44)56(75)65-50-24-34-83-52-20-18-45(40-47(50)52)82-33-10-5-4-8-31-79-35-37-81-38-36-80-32-9-6-7-17-53(73)64-49-16-12-15-46-48(49)41-72(58(46)77)51-19-21-54(74)66-57(51)76/h11-16,18,20,22-23,27-28,39-40,50-51,68H,4-10,17,19,21,24-26,29-38,41H2,1-3H3,(H,64,73)(H,65,75)(H,66,74,76)(H,67,69,70)/t50-,51?/m1/s1. The van der Waals surface area contributed by atoms with Gasteiger partial charge in [0.2, 0.25) is 17.7 Å². The van der Waals surface area contributed by atoms with Crippen LogP contribution < -0.4 is 30.7 Å². The second-order valence-electron chi connectivity index (χ2n) is 22.6. The van der Waals surface area contributed by atoms with E-state index >= 15 is 0 Å². The molecule has 2 aromatic heterocycles. The predicted molar refractivity (Wildman–Crippen MR) is 311 cm³/mol. The number of fused-ring (bicyclic) bond motifs is 2. The van der Waals surface area contributed by atoms with E-state index < -0.39 is 23.1 Å². The molecule has 6 amide bonds. The van der Waals surface area contributed by atoms with Gasteiger partial charge in [0.15, 0.2) is 11.6 Å². The van der Waals surface area contributed by atoms with Gasteiger partial charge < -0.3 is 54.2 Å². The van der Waals surface area contributed by atoms with Crippen molar-refractivity contribution < 1.29 is 57.2 Å². The highest BCUT2D eigenvalue weighted by Crippen LogP contribution is 2.38. The van der Waals surface area contributed by atoms with E-state index in [-0.39, 0.29) is 55.2 Å². The minimum atomic E-state index is -0.737. The molecule has 22 nitrogen and oxygen atoms in total. The first kappa shape index (κ1) is 60.6. The molecule has 4 aliphatic heterocycles. The first-order valence-corrected chi connectivity index (χ1v) is 29.4. The molecular weight excluding hydrogens is 1080 g/mol. The minimum absolute atomic E-state index is 0.142. The van der Waals surface area contributed by atoms with E-state index in [1.54, 1.807) is 41.6 Å². The van der Waals surface area contributed by atoms with E-state index in [1.807, 2.05) is 69.3 Å². The number of carbonyl (C=O) groups is 6. The summed E-state index contributed by atoms with van der Waals surface area (Å²) in [6.45, 7) is 10.8. The molecule has 0 spiro atoms. The maximum absolute atomic E-state index is 14.0. The molecule has 9 rings (SSSR count). The van der Waals surface area contributed by atoms with Gasteiger partial charge in [-0.05, 0) is 133 Å². The summed E-state index contributed by atoms with van der Waals surface area (Å²) in [4.78, 5) is 89.2. The minimum Gasteiger partial charge on any atom is -0.494 e. The van der Waals surface area contributed by atoms with Gasteiger partial charge in [0.1, 0.15) is 28.7 Å². The number of carbonyl (C=O) groups excluding carboxylic acids is 6. The summed E-state index contributed by atoms with van der Waals surface area (Å²) in [7, 11) is 0. The highest BCUT2D eigenvalue weighted by Gasteiger charge is 2.43. The van der Waals surface area contributed by atoms with Gasteiger partial charge in [0.25, 0.3) is 11.8 Å². The Bertz CT molecular complexity index is 3070. The van der Waals surface area contributed by atoms with Crippen LogP contribution in [0, 0.1) is 0 Å². The molecule has 0 aliphatic carbocycles. The number of nitrogens with zero attached hydrogens (tertiary/aromatic N) is 5. The van der Waals surface area contributed by atoms with Crippen molar-refractivity contribution in [2.45, 2.75) is 134 Å². The Kier molecular flexibility index (Phi) is 21.0. The highest BCUT2D eigenvalue weighted by atomic mass is 16.6. The van der Waals surface area contributed by atoms with Crippen LogP contribution in [0.3, 0.4) is 0 Å². The van der Waals surface area contributed by atoms with Crippen molar-refractivity contribution in [1.29, 1.82) is 0 Å². The molecule has 84 heavy (non-hydrogen) atoms. The molecule has 0 bridgehead atoms. The third-order valence-corrected chi connectivity index (χ3v) is 15.2. The largest absolute Gasteiger partial charge is 0.494 e. The molecule has 0 radical (unpaired) electrons. The Hall–Kier alpha value is -7.95. The van der Waals surface area contributed by atoms with Crippen LogP contribution in [0.25, 0.3) is 11.4 Å². The number of imide groups is 1. The SMILES string of the molecule is CC(C)(C)OC(=O)N1CCC(Nc2cccc(C(=O)N[C@@H]3CCOc4ccc(OCCCCCCOCCOCCOCCCCCC(=O)Nc5cccc6c5CN(C5CCC(=O)NC5=O)C6=O)cc43)c2)(c2nc(-c3ccncc3)n[nH]2)CC1. The Balaban J connectivity index is 0.617. The smallest absolute Gasteiger partial charge is 0.410 e. The number of pyridine rings is 1. The Labute approximate surface area is 489 Å². The van der Waals surface area contributed by atoms with Crippen LogP contribution in [-0.4, -0.2) is 143 Å². The van der Waals surface area contributed by atoms with Crippen molar-refractivity contribution >= 4 is 47.0 Å². The summed E-state index contributed by atoms with van der Waals surface area (Å²) in [6.07, 6.45) is 11.6. The second-order valence-corrected chi connectivity index (χ2v) is 22.6. The fraction of sp³-hybridized carbons (Fsp3) is 0.500. The maximum atomic E-state index is 14.0. The number of ether oxygens (including phenoxy) is 6. The molecule has 6 heterocycles. The number of rotatable bonds is 28. The van der Waals surface area contributed by atoms with Gasteiger partial charge in [-0.1, -0.05) is 25.0 Å². The van der Waals surface area contributed by atoms with E-state index in [4.69, 9.17) is 33.4 Å². The lowest BCUT2D eigenvalue weighted by Crippen LogP contribution is -2.52. The maximum Gasteiger partial charge on any atom is 0.410 e. The molecular formula is C62H78N10O12. The van der Waals surface area contributed by atoms with Crippen LogP contribution in [0.1, 0.15) is 148 Å². The normalized spacial score (nSPS) is 17.4. The van der Waals surface area contributed by atoms with Crippen molar-refractivity contribution in [3.63, 3.8) is 0 Å². The number of likely N-dealkylation sites (tertiary alicyclic amines) is 1. The van der Waals surface area contributed by atoms with Crippen molar-refractivity contribution in [3.8, 4) is 22.9 Å². The lowest BCUT2D eigenvalue weighted by Gasteiger charge is -2.41. The van der Waals surface area contributed by atoms with Gasteiger partial charge >= 0.3 is 6.09 Å². The van der Waals surface area contributed by atoms with Crippen LogP contribution in [-0.2, 0) is 45.4 Å². The molecule has 2 atom stereocenters. The Morgan fingerprint density at radius 1 is 0.798 bits per heavy atom. The van der Waals surface area contributed by atoms with Gasteiger partial charge in [-0.25, -0.2) is 9.78 Å². The summed E-state index contributed by atoms with van der Waals surface area (Å²) >= 11 is 0. The Morgan fingerprint density at radius 2 is 1.51 bits per heavy atom. The van der Waals surface area contributed by atoms with Crippen molar-refractivity contribution in [1.82, 2.24) is 40.6 Å². The molecule has 448 valence electrons. The molecule has 4 aliphatic rings. The van der Waals surface area contributed by atoms with E-state index in [2.05, 4.69) is 36.4 Å².